The zero-order valence-corrected chi connectivity index (χ0v) is 27.2. The maximum Gasteiger partial charge on any atom is 0.209 e. The highest BCUT2D eigenvalue weighted by Gasteiger charge is 2.43. The van der Waals surface area contributed by atoms with Crippen LogP contribution in [0, 0.1) is 19.3 Å². The molecule has 2 aromatic carbocycles. The summed E-state index contributed by atoms with van der Waals surface area (Å²) in [6.45, 7) is 20.7. The number of benzene rings is 2. The van der Waals surface area contributed by atoms with E-state index in [1.807, 2.05) is 20.8 Å². The molecule has 0 fully saturated rings. The third-order valence-corrected chi connectivity index (χ3v) is 9.09. The Morgan fingerprint density at radius 1 is 0.854 bits per heavy atom. The molecule has 0 bridgehead atoms. The number of carbonyl (C=O) groups excluding carboxylic acids is 1. The summed E-state index contributed by atoms with van der Waals surface area (Å²) in [6, 6.07) is 13.6. The molecule has 0 saturated heterocycles. The van der Waals surface area contributed by atoms with E-state index in [-0.39, 0.29) is 16.2 Å². The number of hydrogen-bond acceptors (Lipinski definition) is 2. The van der Waals surface area contributed by atoms with Crippen molar-refractivity contribution in [3.8, 4) is 0 Å². The molecule has 3 nitrogen and oxygen atoms in total. The van der Waals surface area contributed by atoms with E-state index in [9.17, 15) is 4.79 Å². The average molecular weight is 552 g/mol. The highest BCUT2D eigenvalue weighted by Crippen LogP contribution is 2.48. The van der Waals surface area contributed by atoms with Crippen LogP contribution in [0.4, 0.5) is 11.4 Å². The lowest BCUT2D eigenvalue weighted by atomic mass is 9.81. The van der Waals surface area contributed by atoms with Gasteiger partial charge in [-0.1, -0.05) is 88.6 Å². The Labute approximate surface area is 249 Å². The number of carbonyl (C=O) groups is 1. The maximum absolute atomic E-state index is 12.4. The first-order valence-corrected chi connectivity index (χ1v) is 15.4. The van der Waals surface area contributed by atoms with Gasteiger partial charge in [0, 0.05) is 52.9 Å². The van der Waals surface area contributed by atoms with Crippen molar-refractivity contribution in [2.45, 2.75) is 98.8 Å². The fourth-order valence-corrected chi connectivity index (χ4v) is 6.45. The molecule has 3 heteroatoms. The second kappa shape index (κ2) is 11.6. The normalized spacial score (nSPS) is 18.7. The molecule has 0 atom stereocenters. The van der Waals surface area contributed by atoms with Crippen LogP contribution < -0.4 is 4.90 Å². The quantitative estimate of drug-likeness (QED) is 0.176. The van der Waals surface area contributed by atoms with Crippen molar-refractivity contribution in [3.05, 3.63) is 94.7 Å². The van der Waals surface area contributed by atoms with E-state index in [1.165, 1.54) is 45.0 Å². The standard InChI is InChI=1S/C38H51N2O/c1-27-20-22-31-29(25-27)37(6,7)33(39(31)10)17-13-11-14-18-34-38(8,9)30-26-28(2)21-23-32(30)40(34)24-16-12-15-19-35(41)36(3,4)5/h11,13-14,17-18,20-23,25-26H,12,15-16,19,24H2,1-10H3/q+1. The van der Waals surface area contributed by atoms with Gasteiger partial charge >= 0.3 is 0 Å². The number of rotatable bonds is 9. The van der Waals surface area contributed by atoms with E-state index < -0.39 is 0 Å². The molecule has 2 aliphatic rings. The molecule has 2 aliphatic heterocycles. The molecule has 41 heavy (non-hydrogen) atoms. The highest BCUT2D eigenvalue weighted by molar-refractivity contribution is 6.03. The molecule has 2 heterocycles. The van der Waals surface area contributed by atoms with Crippen molar-refractivity contribution < 1.29 is 9.37 Å². The van der Waals surface area contributed by atoms with Gasteiger partial charge in [-0.15, -0.1) is 0 Å². The van der Waals surface area contributed by atoms with Crippen LogP contribution in [-0.2, 0) is 15.6 Å². The summed E-state index contributed by atoms with van der Waals surface area (Å²) >= 11 is 0. The summed E-state index contributed by atoms with van der Waals surface area (Å²) in [5, 5.41) is 0. The van der Waals surface area contributed by atoms with Crippen molar-refractivity contribution in [1.29, 1.82) is 0 Å². The molecular formula is C38H51N2O+. The number of Topliss-reactive ketones (excluding diaryl/α,β-unsaturated/α-hetero) is 1. The molecule has 218 valence electrons. The van der Waals surface area contributed by atoms with Crippen LogP contribution in [0.2, 0.25) is 0 Å². The van der Waals surface area contributed by atoms with Gasteiger partial charge in [0.05, 0.1) is 5.41 Å². The second-order valence-electron chi connectivity index (χ2n) is 14.2. The van der Waals surface area contributed by atoms with Crippen LogP contribution in [-0.4, -0.2) is 29.7 Å². The van der Waals surface area contributed by atoms with Gasteiger partial charge in [-0.05, 0) is 64.3 Å². The molecule has 0 aromatic heterocycles. The predicted octanol–water partition coefficient (Wildman–Crippen LogP) is 9.28. The van der Waals surface area contributed by atoms with Crippen molar-refractivity contribution in [3.63, 3.8) is 0 Å². The van der Waals surface area contributed by atoms with Crippen LogP contribution in [0.15, 0.2) is 72.5 Å². The molecule has 0 saturated carbocycles. The second-order valence-corrected chi connectivity index (χ2v) is 14.2. The molecule has 0 unspecified atom stereocenters. The minimum absolute atomic E-state index is 0.0276. The first-order valence-electron chi connectivity index (χ1n) is 15.4. The van der Waals surface area contributed by atoms with Gasteiger partial charge in [0.15, 0.2) is 5.71 Å². The Balaban J connectivity index is 1.51. The third kappa shape index (κ3) is 6.20. The largest absolute Gasteiger partial charge is 0.344 e. The number of fused-ring (bicyclic) bond motifs is 2. The zero-order valence-electron chi connectivity index (χ0n) is 27.2. The number of nitrogens with zero attached hydrogens (tertiary/aromatic N) is 2. The number of hydrogen-bond donors (Lipinski definition) is 0. The van der Waals surface area contributed by atoms with E-state index in [0.717, 1.165) is 25.8 Å². The summed E-state index contributed by atoms with van der Waals surface area (Å²) < 4.78 is 2.33. The smallest absolute Gasteiger partial charge is 0.209 e. The van der Waals surface area contributed by atoms with Crippen LogP contribution >= 0.6 is 0 Å². The number of unbranched alkanes of at least 4 members (excludes halogenated alkanes) is 2. The van der Waals surface area contributed by atoms with Crippen molar-refractivity contribution in [2.75, 3.05) is 18.5 Å². The molecule has 0 spiro atoms. The van der Waals surface area contributed by atoms with Gasteiger partial charge in [0.2, 0.25) is 5.69 Å². The van der Waals surface area contributed by atoms with Crippen LogP contribution in [0.5, 0.6) is 0 Å². The minimum atomic E-state index is -0.239. The van der Waals surface area contributed by atoms with Crippen LogP contribution in [0.25, 0.3) is 0 Å². The number of ketones is 1. The molecule has 0 amide bonds. The topological polar surface area (TPSA) is 23.3 Å². The Hall–Kier alpha value is -3.20. The fraction of sp³-hybridized carbons (Fsp3) is 0.474. The first-order chi connectivity index (χ1) is 19.2. The van der Waals surface area contributed by atoms with Crippen molar-refractivity contribution in [1.82, 2.24) is 0 Å². The Bertz CT molecular complexity index is 1440. The lowest BCUT2D eigenvalue weighted by Gasteiger charge is -2.27. The number of aryl methyl sites for hydroxylation is 2. The monoisotopic (exact) mass is 551 g/mol. The SMILES string of the molecule is Cc1ccc2c(c1)C(C)(C)C(/C=C/C=C/C=C1\N(CCCCCC(=O)C(C)(C)C)c3ccc(C)cc3C1(C)C)=[N+]2C. The predicted molar refractivity (Wildman–Crippen MR) is 176 cm³/mol. The van der Waals surface area contributed by atoms with Gasteiger partial charge in [-0.2, -0.15) is 4.58 Å². The summed E-state index contributed by atoms with van der Waals surface area (Å²) in [5.74, 6) is 0.365. The zero-order chi connectivity index (χ0) is 30.2. The van der Waals surface area contributed by atoms with Crippen molar-refractivity contribution in [2.24, 2.45) is 5.41 Å². The summed E-state index contributed by atoms with van der Waals surface area (Å²) in [4.78, 5) is 14.9. The van der Waals surface area contributed by atoms with Gasteiger partial charge < -0.3 is 4.90 Å². The number of allylic oxidation sites excluding steroid dienone is 6. The third-order valence-electron chi connectivity index (χ3n) is 9.09. The lowest BCUT2D eigenvalue weighted by molar-refractivity contribution is -0.401. The average Bonchev–Trinajstić information content (AvgIpc) is 3.20. The summed E-state index contributed by atoms with van der Waals surface area (Å²) in [6.07, 6.45) is 14.9. The van der Waals surface area contributed by atoms with Gasteiger partial charge in [-0.3, -0.25) is 4.79 Å². The van der Waals surface area contributed by atoms with E-state index >= 15 is 0 Å². The van der Waals surface area contributed by atoms with E-state index in [2.05, 4.69) is 125 Å². The summed E-state index contributed by atoms with van der Waals surface area (Å²) in [7, 11) is 2.17. The Kier molecular flexibility index (Phi) is 8.69. The van der Waals surface area contributed by atoms with E-state index in [0.29, 0.717) is 12.2 Å². The molecule has 0 N–H and O–H groups in total. The molecule has 2 aromatic rings. The minimum Gasteiger partial charge on any atom is -0.344 e. The van der Waals surface area contributed by atoms with Gasteiger partial charge in [-0.25, -0.2) is 0 Å². The Morgan fingerprint density at radius 3 is 2.20 bits per heavy atom. The Morgan fingerprint density at radius 2 is 1.51 bits per heavy atom. The van der Waals surface area contributed by atoms with Crippen molar-refractivity contribution >= 4 is 22.9 Å². The molecule has 4 rings (SSSR count). The number of anilines is 1. The molecule has 0 aliphatic carbocycles. The fourth-order valence-electron chi connectivity index (χ4n) is 6.45. The lowest BCUT2D eigenvalue weighted by Crippen LogP contribution is -2.27. The first kappa shape index (κ1) is 30.8. The van der Waals surface area contributed by atoms with E-state index in [1.54, 1.807) is 0 Å². The summed E-state index contributed by atoms with van der Waals surface area (Å²) in [5.41, 5.74) is 10.3. The molecule has 0 radical (unpaired) electrons. The van der Waals surface area contributed by atoms with Crippen LogP contribution in [0.3, 0.4) is 0 Å². The van der Waals surface area contributed by atoms with E-state index in [4.69, 9.17) is 0 Å². The van der Waals surface area contributed by atoms with Crippen LogP contribution in [0.1, 0.15) is 96.4 Å². The maximum atomic E-state index is 12.4. The molecular weight excluding hydrogens is 500 g/mol. The van der Waals surface area contributed by atoms with Gasteiger partial charge in [0.25, 0.3) is 0 Å². The van der Waals surface area contributed by atoms with Gasteiger partial charge in [0.1, 0.15) is 12.8 Å². The highest BCUT2D eigenvalue weighted by atomic mass is 16.1.